The van der Waals surface area contributed by atoms with Gasteiger partial charge in [-0.2, -0.15) is 13.2 Å². The molecule has 0 aliphatic heterocycles. The molecule has 3 aromatic rings. The lowest BCUT2D eigenvalue weighted by atomic mass is 10.2. The zero-order valence-electron chi connectivity index (χ0n) is 15.3. The monoisotopic (exact) mass is 408 g/mol. The predicted molar refractivity (Wildman–Crippen MR) is 96.5 cm³/mol. The van der Waals surface area contributed by atoms with E-state index in [0.717, 1.165) is 6.07 Å². The molecule has 0 N–H and O–H groups in total. The van der Waals surface area contributed by atoms with Crippen molar-refractivity contribution in [2.24, 2.45) is 0 Å². The number of hydrogen-bond donors (Lipinski definition) is 0. The summed E-state index contributed by atoms with van der Waals surface area (Å²) in [6, 6.07) is 9.32. The van der Waals surface area contributed by atoms with Gasteiger partial charge in [0.1, 0.15) is 22.8 Å². The molecule has 0 amide bonds. The first-order valence-corrected chi connectivity index (χ1v) is 8.43. The second-order valence-corrected chi connectivity index (χ2v) is 5.85. The summed E-state index contributed by atoms with van der Waals surface area (Å²) in [5.41, 5.74) is -1.41. The van der Waals surface area contributed by atoms with Crippen molar-refractivity contribution in [2.45, 2.75) is 19.5 Å². The van der Waals surface area contributed by atoms with Crippen LogP contribution in [0, 0.1) is 0 Å². The van der Waals surface area contributed by atoms with E-state index in [2.05, 4.69) is 0 Å². The smallest absolute Gasteiger partial charge is 0.453 e. The molecule has 152 valence electrons. The Kier molecular flexibility index (Phi) is 5.49. The zero-order valence-corrected chi connectivity index (χ0v) is 15.3. The number of ether oxygens (including phenoxy) is 3. The summed E-state index contributed by atoms with van der Waals surface area (Å²) >= 11 is 0. The van der Waals surface area contributed by atoms with Gasteiger partial charge in [-0.3, -0.25) is 9.59 Å². The van der Waals surface area contributed by atoms with Crippen LogP contribution in [0.25, 0.3) is 11.0 Å². The third-order valence-corrected chi connectivity index (χ3v) is 3.86. The van der Waals surface area contributed by atoms with E-state index < -0.39 is 29.1 Å². The van der Waals surface area contributed by atoms with Gasteiger partial charge in [0.25, 0.3) is 5.76 Å². The number of alkyl halides is 3. The molecule has 0 spiro atoms. The fourth-order valence-electron chi connectivity index (χ4n) is 2.49. The van der Waals surface area contributed by atoms with Crippen molar-refractivity contribution in [2.75, 3.05) is 7.11 Å². The SMILES string of the molecule is CCC(=O)Oc1ccc2c(=O)c(Oc3cccc(OC)c3)c(C(F)(F)F)oc2c1. The van der Waals surface area contributed by atoms with Crippen LogP contribution >= 0.6 is 0 Å². The molecule has 29 heavy (non-hydrogen) atoms. The lowest BCUT2D eigenvalue weighted by Crippen LogP contribution is -2.15. The van der Waals surface area contributed by atoms with Gasteiger partial charge in [0.15, 0.2) is 0 Å². The Labute approximate surface area is 162 Å². The molecule has 1 heterocycles. The van der Waals surface area contributed by atoms with Crippen molar-refractivity contribution in [3.05, 3.63) is 58.4 Å². The first-order chi connectivity index (χ1) is 13.7. The Bertz CT molecular complexity index is 1120. The lowest BCUT2D eigenvalue weighted by molar-refractivity contribution is -0.154. The molecular formula is C20H15F3O6. The summed E-state index contributed by atoms with van der Waals surface area (Å²) in [6.45, 7) is 1.56. The minimum atomic E-state index is -5.00. The predicted octanol–water partition coefficient (Wildman–Crippen LogP) is 4.93. The zero-order chi connectivity index (χ0) is 21.2. The number of rotatable bonds is 5. The van der Waals surface area contributed by atoms with Crippen LogP contribution in [0.15, 0.2) is 51.7 Å². The van der Waals surface area contributed by atoms with Crippen LogP contribution < -0.4 is 19.6 Å². The van der Waals surface area contributed by atoms with E-state index >= 15 is 0 Å². The molecular weight excluding hydrogens is 393 g/mol. The summed E-state index contributed by atoms with van der Waals surface area (Å²) in [4.78, 5) is 24.1. The molecule has 1 aromatic heterocycles. The Morgan fingerprint density at radius 2 is 1.79 bits per heavy atom. The maximum Gasteiger partial charge on any atom is 0.453 e. The van der Waals surface area contributed by atoms with Crippen molar-refractivity contribution in [3.63, 3.8) is 0 Å². The molecule has 0 aliphatic rings. The molecule has 0 saturated carbocycles. The molecule has 9 heteroatoms. The highest BCUT2D eigenvalue weighted by Gasteiger charge is 2.40. The molecule has 0 atom stereocenters. The molecule has 2 aromatic carbocycles. The van der Waals surface area contributed by atoms with E-state index in [1.165, 1.54) is 37.4 Å². The van der Waals surface area contributed by atoms with E-state index in [0.29, 0.717) is 5.75 Å². The van der Waals surface area contributed by atoms with E-state index in [4.69, 9.17) is 18.6 Å². The molecule has 0 saturated heterocycles. The van der Waals surface area contributed by atoms with Gasteiger partial charge in [0.05, 0.1) is 12.5 Å². The number of carbonyl (C=O) groups excluding carboxylic acids is 1. The Hall–Kier alpha value is -3.49. The molecule has 0 bridgehead atoms. The molecule has 3 rings (SSSR count). The summed E-state index contributed by atoms with van der Waals surface area (Å²) in [7, 11) is 1.38. The topological polar surface area (TPSA) is 75.0 Å². The third-order valence-electron chi connectivity index (χ3n) is 3.86. The number of benzene rings is 2. The van der Waals surface area contributed by atoms with Crippen molar-refractivity contribution in [1.29, 1.82) is 0 Å². The maximum atomic E-state index is 13.5. The van der Waals surface area contributed by atoms with Gasteiger partial charge in [-0.05, 0) is 24.3 Å². The van der Waals surface area contributed by atoms with Gasteiger partial charge in [-0.15, -0.1) is 0 Å². The first kappa shape index (κ1) is 20.2. The Balaban J connectivity index is 2.15. The number of fused-ring (bicyclic) bond motifs is 1. The van der Waals surface area contributed by atoms with Crippen molar-refractivity contribution in [3.8, 4) is 23.0 Å². The summed E-state index contributed by atoms with van der Waals surface area (Å²) in [5.74, 6) is -2.92. The van der Waals surface area contributed by atoms with E-state index in [1.54, 1.807) is 13.0 Å². The van der Waals surface area contributed by atoms with Crippen LogP contribution in [0.2, 0.25) is 0 Å². The van der Waals surface area contributed by atoms with Crippen LogP contribution in [-0.4, -0.2) is 13.1 Å². The van der Waals surface area contributed by atoms with Crippen LogP contribution in [-0.2, 0) is 11.0 Å². The standard InChI is InChI=1S/C20H15F3O6/c1-3-16(24)27-13-7-8-14-15(10-13)29-19(20(21,22)23)18(17(14)25)28-12-6-4-5-11(9-12)26-2/h4-10H,3H2,1-2H3. The first-order valence-electron chi connectivity index (χ1n) is 8.43. The maximum absolute atomic E-state index is 13.5. The second-order valence-electron chi connectivity index (χ2n) is 5.85. The highest BCUT2D eigenvalue weighted by Crippen LogP contribution is 2.39. The quantitative estimate of drug-likeness (QED) is 0.440. The minimum absolute atomic E-state index is 0.0324. The van der Waals surface area contributed by atoms with Crippen LogP contribution in [0.1, 0.15) is 19.1 Å². The summed E-state index contributed by atoms with van der Waals surface area (Å²) < 4.78 is 60.8. The molecule has 0 radical (unpaired) electrons. The number of methoxy groups -OCH3 is 1. The average Bonchev–Trinajstić information content (AvgIpc) is 2.69. The normalized spacial score (nSPS) is 11.3. The van der Waals surface area contributed by atoms with Gasteiger partial charge in [0.2, 0.25) is 11.2 Å². The van der Waals surface area contributed by atoms with E-state index in [-0.39, 0.29) is 28.9 Å². The van der Waals surface area contributed by atoms with Gasteiger partial charge in [0, 0.05) is 18.6 Å². The third kappa shape index (κ3) is 4.34. The number of halogens is 3. The van der Waals surface area contributed by atoms with Crippen molar-refractivity contribution < 1.29 is 36.6 Å². The van der Waals surface area contributed by atoms with E-state index in [1.807, 2.05) is 0 Å². The highest BCUT2D eigenvalue weighted by molar-refractivity contribution is 5.81. The fraction of sp³-hybridized carbons (Fsp3) is 0.200. The van der Waals surface area contributed by atoms with Gasteiger partial charge >= 0.3 is 12.1 Å². The largest absolute Gasteiger partial charge is 0.497 e. The number of hydrogen-bond acceptors (Lipinski definition) is 6. The molecule has 0 aliphatic carbocycles. The van der Waals surface area contributed by atoms with Crippen LogP contribution in [0.3, 0.4) is 0 Å². The summed E-state index contributed by atoms with van der Waals surface area (Å²) in [5, 5.41) is -0.160. The molecule has 0 unspecified atom stereocenters. The summed E-state index contributed by atoms with van der Waals surface area (Å²) in [6.07, 6.45) is -4.93. The highest BCUT2D eigenvalue weighted by atomic mass is 19.4. The minimum Gasteiger partial charge on any atom is -0.497 e. The van der Waals surface area contributed by atoms with Gasteiger partial charge < -0.3 is 18.6 Å². The van der Waals surface area contributed by atoms with Crippen molar-refractivity contribution in [1.82, 2.24) is 0 Å². The van der Waals surface area contributed by atoms with Crippen LogP contribution in [0.4, 0.5) is 13.2 Å². The number of carbonyl (C=O) groups is 1. The Morgan fingerprint density at radius 1 is 1.07 bits per heavy atom. The van der Waals surface area contributed by atoms with Gasteiger partial charge in [-0.1, -0.05) is 13.0 Å². The van der Waals surface area contributed by atoms with Crippen LogP contribution in [0.5, 0.6) is 23.0 Å². The second kappa shape index (κ2) is 7.86. The van der Waals surface area contributed by atoms with Gasteiger partial charge in [-0.25, -0.2) is 0 Å². The number of esters is 1. The van der Waals surface area contributed by atoms with E-state index in [9.17, 15) is 22.8 Å². The molecule has 6 nitrogen and oxygen atoms in total. The fourth-order valence-corrected chi connectivity index (χ4v) is 2.49. The average molecular weight is 408 g/mol. The Morgan fingerprint density at radius 3 is 2.45 bits per heavy atom. The van der Waals surface area contributed by atoms with Crippen molar-refractivity contribution >= 4 is 16.9 Å². The molecule has 0 fully saturated rings. The lowest BCUT2D eigenvalue weighted by Gasteiger charge is -2.14.